The second-order valence-corrected chi connectivity index (χ2v) is 6.11. The maximum absolute atomic E-state index is 14.4. The highest BCUT2D eigenvalue weighted by molar-refractivity contribution is 5.81. The first-order valence-corrected chi connectivity index (χ1v) is 8.63. The summed E-state index contributed by atoms with van der Waals surface area (Å²) in [5.41, 5.74) is 9.41. The van der Waals surface area contributed by atoms with Crippen LogP contribution in [0.15, 0.2) is 42.5 Å². The quantitative estimate of drug-likeness (QED) is 0.774. The third-order valence-electron chi connectivity index (χ3n) is 4.39. The van der Waals surface area contributed by atoms with E-state index in [9.17, 15) is 13.6 Å². The van der Waals surface area contributed by atoms with E-state index in [0.717, 1.165) is 30.0 Å². The van der Waals surface area contributed by atoms with E-state index in [1.165, 1.54) is 17.7 Å². The minimum absolute atomic E-state index is 0.0401. The van der Waals surface area contributed by atoms with Crippen LogP contribution in [0.25, 0.3) is 5.57 Å². The minimum Gasteiger partial charge on any atom is -0.480 e. The molecule has 0 amide bonds. The van der Waals surface area contributed by atoms with E-state index in [-0.39, 0.29) is 12.0 Å². The number of benzene rings is 2. The largest absolute Gasteiger partial charge is 0.480 e. The molecule has 0 aromatic heterocycles. The van der Waals surface area contributed by atoms with E-state index >= 15 is 0 Å². The lowest BCUT2D eigenvalue weighted by Crippen LogP contribution is -2.29. The van der Waals surface area contributed by atoms with Crippen molar-refractivity contribution in [3.63, 3.8) is 0 Å². The van der Waals surface area contributed by atoms with Gasteiger partial charge in [0.2, 0.25) is 0 Å². The molecule has 3 nitrogen and oxygen atoms in total. The Kier molecular flexibility index (Phi) is 6.64. The van der Waals surface area contributed by atoms with Crippen LogP contribution in [-0.2, 0) is 17.6 Å². The Morgan fingerprint density at radius 2 is 1.81 bits per heavy atom. The molecule has 0 aliphatic heterocycles. The van der Waals surface area contributed by atoms with E-state index in [1.54, 1.807) is 6.08 Å². The Morgan fingerprint density at radius 3 is 2.38 bits per heavy atom. The molecule has 2 aromatic rings. The number of carboxylic acids is 1. The van der Waals surface area contributed by atoms with Gasteiger partial charge in [-0.25, -0.2) is 8.78 Å². The first-order valence-electron chi connectivity index (χ1n) is 8.63. The zero-order valence-electron chi connectivity index (χ0n) is 14.9. The Balaban J connectivity index is 2.56. The first-order chi connectivity index (χ1) is 12.4. The molecule has 138 valence electrons. The molecule has 0 aliphatic carbocycles. The molecule has 5 heteroatoms. The van der Waals surface area contributed by atoms with Gasteiger partial charge in [0.15, 0.2) is 0 Å². The number of hydrogen-bond acceptors (Lipinski definition) is 2. The van der Waals surface area contributed by atoms with Crippen LogP contribution in [-0.4, -0.2) is 17.1 Å². The molecule has 0 bridgehead atoms. The normalized spacial score (nSPS) is 12.9. The van der Waals surface area contributed by atoms with Crippen molar-refractivity contribution in [2.45, 2.75) is 39.2 Å². The summed E-state index contributed by atoms with van der Waals surface area (Å²) in [5.74, 6) is -2.49. The van der Waals surface area contributed by atoms with Gasteiger partial charge in [0.1, 0.15) is 17.7 Å². The van der Waals surface area contributed by atoms with Gasteiger partial charge in [0.25, 0.3) is 0 Å². The standard InChI is InChI=1S/C21H23F2NO2/c1-3-13-5-6-15(11-14(13)4-2)17(9-10-20(24)21(25)26)18-8-7-16(22)12-19(18)23/h5-9,11-12,20H,3-4,10,24H2,1-2H3,(H,25,26)/b17-9-/t20-/m0/s1. The average Bonchev–Trinajstić information content (AvgIpc) is 2.62. The fourth-order valence-electron chi connectivity index (χ4n) is 2.90. The van der Waals surface area contributed by atoms with Crippen LogP contribution in [0.4, 0.5) is 8.78 Å². The molecule has 0 heterocycles. The van der Waals surface area contributed by atoms with Gasteiger partial charge in [-0.15, -0.1) is 0 Å². The fraction of sp³-hybridized carbons (Fsp3) is 0.286. The highest BCUT2D eigenvalue weighted by atomic mass is 19.1. The maximum Gasteiger partial charge on any atom is 0.320 e. The van der Waals surface area contributed by atoms with Crippen molar-refractivity contribution in [2.24, 2.45) is 5.73 Å². The number of rotatable bonds is 7. The highest BCUT2D eigenvalue weighted by Crippen LogP contribution is 2.29. The van der Waals surface area contributed by atoms with Gasteiger partial charge in [-0.1, -0.05) is 38.1 Å². The van der Waals surface area contributed by atoms with Gasteiger partial charge < -0.3 is 10.8 Å². The Labute approximate surface area is 152 Å². The molecular formula is C21H23F2NO2. The summed E-state index contributed by atoms with van der Waals surface area (Å²) in [5, 5.41) is 9.00. The summed E-state index contributed by atoms with van der Waals surface area (Å²) in [4.78, 5) is 11.0. The predicted molar refractivity (Wildman–Crippen MR) is 98.9 cm³/mol. The van der Waals surface area contributed by atoms with Crippen LogP contribution >= 0.6 is 0 Å². The van der Waals surface area contributed by atoms with Crippen LogP contribution in [0.1, 0.15) is 42.5 Å². The summed E-state index contributed by atoms with van der Waals surface area (Å²) < 4.78 is 27.7. The second kappa shape index (κ2) is 8.72. The Hall–Kier alpha value is -2.53. The summed E-state index contributed by atoms with van der Waals surface area (Å²) in [7, 11) is 0. The molecule has 2 aromatic carbocycles. The molecule has 1 atom stereocenters. The van der Waals surface area contributed by atoms with Crippen molar-refractivity contribution >= 4 is 11.5 Å². The molecule has 0 unspecified atom stereocenters. The summed E-state index contributed by atoms with van der Waals surface area (Å²) in [6.45, 7) is 4.11. The number of carboxylic acid groups (broad SMARTS) is 1. The van der Waals surface area contributed by atoms with Crippen LogP contribution < -0.4 is 5.73 Å². The van der Waals surface area contributed by atoms with Crippen LogP contribution in [0.3, 0.4) is 0 Å². The lowest BCUT2D eigenvalue weighted by molar-refractivity contribution is -0.138. The maximum atomic E-state index is 14.4. The molecule has 0 spiro atoms. The van der Waals surface area contributed by atoms with E-state index in [4.69, 9.17) is 10.8 Å². The molecule has 2 rings (SSSR count). The number of carbonyl (C=O) groups is 1. The zero-order chi connectivity index (χ0) is 19.3. The number of hydrogen-bond donors (Lipinski definition) is 2. The monoisotopic (exact) mass is 359 g/mol. The predicted octanol–water partition coefficient (Wildman–Crippen LogP) is 4.32. The van der Waals surface area contributed by atoms with Crippen molar-refractivity contribution in [3.05, 3.63) is 76.4 Å². The van der Waals surface area contributed by atoms with Crippen LogP contribution in [0, 0.1) is 11.6 Å². The lowest BCUT2D eigenvalue weighted by Gasteiger charge is -2.14. The molecule has 3 N–H and O–H groups in total. The lowest BCUT2D eigenvalue weighted by atomic mass is 9.91. The van der Waals surface area contributed by atoms with Crippen molar-refractivity contribution in [1.29, 1.82) is 0 Å². The van der Waals surface area contributed by atoms with E-state index in [0.29, 0.717) is 5.57 Å². The van der Waals surface area contributed by atoms with Gasteiger partial charge in [-0.3, -0.25) is 4.79 Å². The van der Waals surface area contributed by atoms with Gasteiger partial charge in [0, 0.05) is 11.6 Å². The topological polar surface area (TPSA) is 63.3 Å². The second-order valence-electron chi connectivity index (χ2n) is 6.11. The SMILES string of the molecule is CCc1ccc(/C(=C/C[C@H](N)C(=O)O)c2ccc(F)cc2F)cc1CC. The molecule has 0 saturated carbocycles. The molecular weight excluding hydrogens is 336 g/mol. The summed E-state index contributed by atoms with van der Waals surface area (Å²) in [6, 6.07) is 8.11. The molecule has 26 heavy (non-hydrogen) atoms. The highest BCUT2D eigenvalue weighted by Gasteiger charge is 2.15. The van der Waals surface area contributed by atoms with Crippen molar-refractivity contribution in [3.8, 4) is 0 Å². The van der Waals surface area contributed by atoms with Gasteiger partial charge in [-0.05, 0) is 53.7 Å². The average molecular weight is 359 g/mol. The molecule has 0 aliphatic rings. The summed E-state index contributed by atoms with van der Waals surface area (Å²) >= 11 is 0. The first kappa shape index (κ1) is 19.8. The smallest absolute Gasteiger partial charge is 0.320 e. The van der Waals surface area contributed by atoms with Gasteiger partial charge >= 0.3 is 5.97 Å². The molecule has 0 radical (unpaired) electrons. The van der Waals surface area contributed by atoms with E-state index in [2.05, 4.69) is 6.92 Å². The van der Waals surface area contributed by atoms with Gasteiger partial charge in [0.05, 0.1) is 0 Å². The number of nitrogens with two attached hydrogens (primary N) is 1. The molecule has 0 saturated heterocycles. The number of aliphatic carboxylic acids is 1. The van der Waals surface area contributed by atoms with Crippen LogP contribution in [0.2, 0.25) is 0 Å². The van der Waals surface area contributed by atoms with Crippen molar-refractivity contribution in [1.82, 2.24) is 0 Å². The number of halogens is 2. The van der Waals surface area contributed by atoms with E-state index in [1.807, 2.05) is 25.1 Å². The minimum atomic E-state index is -1.13. The van der Waals surface area contributed by atoms with E-state index < -0.39 is 23.6 Å². The number of aryl methyl sites for hydroxylation is 2. The fourth-order valence-corrected chi connectivity index (χ4v) is 2.90. The third kappa shape index (κ3) is 4.55. The summed E-state index contributed by atoms with van der Waals surface area (Å²) in [6.07, 6.45) is 3.36. The van der Waals surface area contributed by atoms with Crippen molar-refractivity contribution < 1.29 is 18.7 Å². The zero-order valence-corrected chi connectivity index (χ0v) is 14.9. The van der Waals surface area contributed by atoms with Crippen molar-refractivity contribution in [2.75, 3.05) is 0 Å². The third-order valence-corrected chi connectivity index (χ3v) is 4.39. The van der Waals surface area contributed by atoms with Gasteiger partial charge in [-0.2, -0.15) is 0 Å². The van der Waals surface area contributed by atoms with Crippen LogP contribution in [0.5, 0.6) is 0 Å². The Morgan fingerprint density at radius 1 is 1.12 bits per heavy atom. The molecule has 0 fully saturated rings. The Bertz CT molecular complexity index is 831.